The molecule has 3 heterocycles. The number of carboxylic acids is 1. The zero-order valence-electron chi connectivity index (χ0n) is 15.1. The first-order chi connectivity index (χ1) is 13.5. The van der Waals surface area contributed by atoms with Gasteiger partial charge in [-0.1, -0.05) is 12.1 Å². The number of amides is 1. The van der Waals surface area contributed by atoms with E-state index in [-0.39, 0.29) is 17.5 Å². The van der Waals surface area contributed by atoms with Crippen LogP contribution in [-0.4, -0.2) is 50.1 Å². The summed E-state index contributed by atoms with van der Waals surface area (Å²) in [5.41, 5.74) is 2.19. The van der Waals surface area contributed by atoms with Crippen LogP contribution in [0.3, 0.4) is 0 Å². The van der Waals surface area contributed by atoms with E-state index < -0.39 is 5.97 Å². The molecule has 1 fully saturated rings. The molecule has 0 radical (unpaired) electrons. The minimum absolute atomic E-state index is 0.00692. The highest BCUT2D eigenvalue weighted by atomic mass is 16.4. The van der Waals surface area contributed by atoms with Gasteiger partial charge in [-0.2, -0.15) is 10.2 Å². The molecule has 0 saturated carbocycles. The molecule has 0 atom stereocenters. The van der Waals surface area contributed by atoms with Crippen molar-refractivity contribution in [2.45, 2.75) is 0 Å². The average Bonchev–Trinajstić information content (AvgIpc) is 3.04. The second-order valence-corrected chi connectivity index (χ2v) is 6.59. The summed E-state index contributed by atoms with van der Waals surface area (Å²) >= 11 is 0. The Labute approximate surface area is 160 Å². The summed E-state index contributed by atoms with van der Waals surface area (Å²) in [5.74, 6) is -0.437. The lowest BCUT2D eigenvalue weighted by molar-refractivity contribution is -0.120. The molecule has 9 heteroatoms. The summed E-state index contributed by atoms with van der Waals surface area (Å²) < 4.78 is 1.52. The largest absolute Gasteiger partial charge is 0.476 e. The van der Waals surface area contributed by atoms with Gasteiger partial charge in [-0.25, -0.2) is 4.79 Å². The van der Waals surface area contributed by atoms with Crippen molar-refractivity contribution < 1.29 is 14.7 Å². The Bertz CT molecular complexity index is 1010. The monoisotopic (exact) mass is 378 g/mol. The van der Waals surface area contributed by atoms with Crippen LogP contribution in [0, 0.1) is 5.92 Å². The zero-order valence-corrected chi connectivity index (χ0v) is 15.1. The van der Waals surface area contributed by atoms with Crippen molar-refractivity contribution in [1.82, 2.24) is 20.0 Å². The summed E-state index contributed by atoms with van der Waals surface area (Å²) in [6.07, 6.45) is 1.62. The van der Waals surface area contributed by atoms with E-state index in [1.54, 1.807) is 25.4 Å². The molecule has 1 aliphatic rings. The number of rotatable bonds is 5. The number of carbonyl (C=O) groups excluding carboxylic acids is 1. The second-order valence-electron chi connectivity index (χ2n) is 6.59. The molecule has 0 unspecified atom stereocenters. The molecule has 2 N–H and O–H groups in total. The highest BCUT2D eigenvalue weighted by molar-refractivity contribution is 5.94. The number of aromatic carboxylic acids is 1. The fourth-order valence-electron chi connectivity index (χ4n) is 3.10. The number of carbonyl (C=O) groups is 2. The van der Waals surface area contributed by atoms with Crippen molar-refractivity contribution in [3.05, 3.63) is 54.4 Å². The first kappa shape index (κ1) is 17.7. The van der Waals surface area contributed by atoms with Crippen LogP contribution < -0.4 is 10.2 Å². The van der Waals surface area contributed by atoms with Crippen LogP contribution in [0.25, 0.3) is 11.3 Å². The molecule has 1 amide bonds. The van der Waals surface area contributed by atoms with Crippen LogP contribution in [0.1, 0.15) is 10.5 Å². The molecule has 9 nitrogen and oxygen atoms in total. The first-order valence-electron chi connectivity index (χ1n) is 8.72. The van der Waals surface area contributed by atoms with Gasteiger partial charge >= 0.3 is 5.97 Å². The number of carboxylic acid groups (broad SMARTS) is 1. The van der Waals surface area contributed by atoms with E-state index in [0.29, 0.717) is 24.5 Å². The van der Waals surface area contributed by atoms with Crippen molar-refractivity contribution in [3.63, 3.8) is 0 Å². The van der Waals surface area contributed by atoms with Gasteiger partial charge < -0.3 is 15.3 Å². The second kappa shape index (κ2) is 7.10. The Morgan fingerprint density at radius 2 is 1.93 bits per heavy atom. The quantitative estimate of drug-likeness (QED) is 0.694. The summed E-state index contributed by atoms with van der Waals surface area (Å²) in [4.78, 5) is 25.5. The maximum absolute atomic E-state index is 12.4. The van der Waals surface area contributed by atoms with E-state index >= 15 is 0 Å². The number of aryl methyl sites for hydroxylation is 1. The predicted molar refractivity (Wildman–Crippen MR) is 102 cm³/mol. The number of nitrogens with zero attached hydrogens (tertiary/aromatic N) is 5. The Balaban J connectivity index is 1.37. The molecule has 1 aliphatic heterocycles. The van der Waals surface area contributed by atoms with Crippen molar-refractivity contribution in [2.24, 2.45) is 13.0 Å². The van der Waals surface area contributed by atoms with E-state index in [2.05, 4.69) is 20.6 Å². The van der Waals surface area contributed by atoms with Gasteiger partial charge in [0.2, 0.25) is 5.91 Å². The summed E-state index contributed by atoms with van der Waals surface area (Å²) in [6, 6.07) is 12.4. The maximum atomic E-state index is 12.4. The topological polar surface area (TPSA) is 113 Å². The van der Waals surface area contributed by atoms with Gasteiger partial charge in [0.25, 0.3) is 0 Å². The van der Waals surface area contributed by atoms with E-state index in [0.717, 1.165) is 11.4 Å². The van der Waals surface area contributed by atoms with Crippen LogP contribution >= 0.6 is 0 Å². The molecule has 0 aliphatic carbocycles. The van der Waals surface area contributed by atoms with Crippen molar-refractivity contribution in [2.75, 3.05) is 23.3 Å². The van der Waals surface area contributed by atoms with Gasteiger partial charge in [0.1, 0.15) is 0 Å². The maximum Gasteiger partial charge on any atom is 0.356 e. The van der Waals surface area contributed by atoms with Crippen LogP contribution in [0.5, 0.6) is 0 Å². The molecular weight excluding hydrogens is 360 g/mol. The highest BCUT2D eigenvalue weighted by Crippen LogP contribution is 2.25. The Morgan fingerprint density at radius 1 is 1.18 bits per heavy atom. The molecular formula is C19H18N6O3. The molecule has 4 rings (SSSR count). The van der Waals surface area contributed by atoms with Crippen molar-refractivity contribution >= 4 is 23.4 Å². The van der Waals surface area contributed by atoms with E-state index in [9.17, 15) is 9.59 Å². The normalized spacial score (nSPS) is 13.8. The number of hydrogen-bond donors (Lipinski definition) is 2. The van der Waals surface area contributed by atoms with Gasteiger partial charge in [0, 0.05) is 32.0 Å². The van der Waals surface area contributed by atoms with E-state index in [4.69, 9.17) is 5.11 Å². The van der Waals surface area contributed by atoms with Crippen LogP contribution in [-0.2, 0) is 11.8 Å². The number of anilines is 2. The Morgan fingerprint density at radius 3 is 2.54 bits per heavy atom. The average molecular weight is 378 g/mol. The van der Waals surface area contributed by atoms with Gasteiger partial charge in [-0.15, -0.1) is 5.10 Å². The number of nitrogens with one attached hydrogen (secondary N) is 1. The molecule has 0 spiro atoms. The minimum Gasteiger partial charge on any atom is -0.476 e. The van der Waals surface area contributed by atoms with Crippen molar-refractivity contribution in [3.8, 4) is 11.3 Å². The van der Waals surface area contributed by atoms with Gasteiger partial charge in [-0.3, -0.25) is 9.48 Å². The lowest BCUT2D eigenvalue weighted by Crippen LogP contribution is -2.52. The van der Waals surface area contributed by atoms with Crippen LogP contribution in [0.2, 0.25) is 0 Å². The number of aromatic nitrogens is 4. The first-order valence-corrected chi connectivity index (χ1v) is 8.72. The molecule has 3 aromatic rings. The molecule has 0 bridgehead atoms. The number of benzene rings is 1. The SMILES string of the molecule is Cn1nc(C(=O)O)cc1-c1ccc(NC(=O)C2CN(c3cccnn3)C2)cc1. The van der Waals surface area contributed by atoms with Crippen LogP contribution in [0.4, 0.5) is 11.5 Å². The fraction of sp³-hybridized carbons (Fsp3) is 0.211. The minimum atomic E-state index is -1.07. The summed E-state index contributed by atoms with van der Waals surface area (Å²) in [6.45, 7) is 1.21. The third-order valence-electron chi connectivity index (χ3n) is 4.68. The van der Waals surface area contributed by atoms with Crippen LogP contribution in [0.15, 0.2) is 48.7 Å². The van der Waals surface area contributed by atoms with Crippen molar-refractivity contribution in [1.29, 1.82) is 0 Å². The molecule has 142 valence electrons. The predicted octanol–water partition coefficient (Wildman–Crippen LogP) is 1.65. The van der Waals surface area contributed by atoms with E-state index in [1.807, 2.05) is 29.2 Å². The van der Waals surface area contributed by atoms with Gasteiger partial charge in [0.15, 0.2) is 11.5 Å². The third-order valence-corrected chi connectivity index (χ3v) is 4.68. The summed E-state index contributed by atoms with van der Waals surface area (Å²) in [7, 11) is 1.69. The molecule has 28 heavy (non-hydrogen) atoms. The molecule has 1 aromatic carbocycles. The Hall–Kier alpha value is -3.75. The summed E-state index contributed by atoms with van der Waals surface area (Å²) in [5, 5.41) is 23.8. The molecule has 2 aromatic heterocycles. The highest BCUT2D eigenvalue weighted by Gasteiger charge is 2.33. The third kappa shape index (κ3) is 3.41. The fourth-order valence-corrected chi connectivity index (χ4v) is 3.10. The van der Waals surface area contributed by atoms with Gasteiger partial charge in [0.05, 0.1) is 11.6 Å². The standard InChI is InChI=1S/C19H18N6O3/c1-24-16(9-15(23-24)19(27)28)12-4-6-14(7-5-12)21-18(26)13-10-25(11-13)17-3-2-8-20-22-17/h2-9,13H,10-11H2,1H3,(H,21,26)(H,27,28). The molecule has 1 saturated heterocycles. The lowest BCUT2D eigenvalue weighted by Gasteiger charge is -2.38. The smallest absolute Gasteiger partial charge is 0.356 e. The van der Waals surface area contributed by atoms with E-state index in [1.165, 1.54) is 10.7 Å². The Kier molecular flexibility index (Phi) is 4.48. The lowest BCUT2D eigenvalue weighted by atomic mass is 9.99. The number of hydrogen-bond acceptors (Lipinski definition) is 6. The zero-order chi connectivity index (χ0) is 19.7. The van der Waals surface area contributed by atoms with Gasteiger partial charge in [-0.05, 0) is 35.9 Å².